The van der Waals surface area contributed by atoms with E-state index in [1.807, 2.05) is 6.92 Å². The van der Waals surface area contributed by atoms with Crippen molar-refractivity contribution in [3.63, 3.8) is 0 Å². The van der Waals surface area contributed by atoms with Gasteiger partial charge >= 0.3 is 0 Å². The average molecular weight is 492 g/mol. The smallest absolute Gasteiger partial charge is 0.269 e. The summed E-state index contributed by atoms with van der Waals surface area (Å²) in [7, 11) is 0. The molecule has 0 bridgehead atoms. The van der Waals surface area contributed by atoms with Gasteiger partial charge in [-0.1, -0.05) is 12.1 Å². The molecule has 0 radical (unpaired) electrons. The van der Waals surface area contributed by atoms with E-state index in [1.165, 1.54) is 12.1 Å². The molecule has 1 aliphatic rings. The summed E-state index contributed by atoms with van der Waals surface area (Å²) < 4.78 is 11.0. The van der Waals surface area contributed by atoms with E-state index in [2.05, 4.69) is 15.6 Å². The second-order valence-electron chi connectivity index (χ2n) is 6.20. The van der Waals surface area contributed by atoms with Crippen LogP contribution in [0.5, 0.6) is 0 Å². The van der Waals surface area contributed by atoms with E-state index in [9.17, 15) is 10.1 Å². The number of halogens is 1. The summed E-state index contributed by atoms with van der Waals surface area (Å²) >= 11 is 0. The zero-order valence-corrected chi connectivity index (χ0v) is 18.0. The normalized spacial score (nSPS) is 16.6. The van der Waals surface area contributed by atoms with Crippen molar-refractivity contribution in [3.05, 3.63) is 39.9 Å². The number of hydrogen-bond acceptors (Lipinski definition) is 5. The molecule has 1 aromatic rings. The summed E-state index contributed by atoms with van der Waals surface area (Å²) in [4.78, 5) is 14.8. The van der Waals surface area contributed by atoms with Gasteiger partial charge in [0.25, 0.3) is 5.69 Å². The number of non-ortho nitro benzene ring substituents is 1. The molecule has 0 aromatic heterocycles. The van der Waals surface area contributed by atoms with Crippen molar-refractivity contribution in [3.8, 4) is 0 Å². The van der Waals surface area contributed by atoms with Gasteiger partial charge in [-0.15, -0.1) is 24.0 Å². The maximum absolute atomic E-state index is 10.7. The van der Waals surface area contributed by atoms with E-state index in [0.717, 1.165) is 57.3 Å². The summed E-state index contributed by atoms with van der Waals surface area (Å²) in [6.45, 7) is 7.17. The highest BCUT2D eigenvalue weighted by molar-refractivity contribution is 14.0. The molecule has 152 valence electrons. The molecule has 1 atom stereocenters. The van der Waals surface area contributed by atoms with Crippen molar-refractivity contribution in [1.29, 1.82) is 0 Å². The van der Waals surface area contributed by atoms with Crippen molar-refractivity contribution in [2.24, 2.45) is 10.9 Å². The predicted molar refractivity (Wildman–Crippen MR) is 116 cm³/mol. The van der Waals surface area contributed by atoms with Crippen LogP contribution in [0.3, 0.4) is 0 Å². The van der Waals surface area contributed by atoms with Gasteiger partial charge in [0.05, 0.1) is 24.7 Å². The minimum Gasteiger partial charge on any atom is -0.381 e. The number of guanidine groups is 1. The number of aliphatic imine (C=N–C) groups is 1. The molecule has 0 aliphatic carbocycles. The first kappa shape index (κ1) is 23.6. The SMILES string of the molecule is CCNC(=NCc1ccc([N+](=O)[O-])cc1)NCCCOCC1CCOC1.I. The summed E-state index contributed by atoms with van der Waals surface area (Å²) in [6.07, 6.45) is 1.99. The molecule has 2 rings (SSSR count). The number of nitrogens with zero attached hydrogens (tertiary/aromatic N) is 2. The molecule has 8 nitrogen and oxygen atoms in total. The summed E-state index contributed by atoms with van der Waals surface area (Å²) in [5.74, 6) is 1.28. The molecule has 0 amide bonds. The van der Waals surface area contributed by atoms with Crippen LogP contribution in [0.1, 0.15) is 25.3 Å². The summed E-state index contributed by atoms with van der Waals surface area (Å²) in [5.41, 5.74) is 1.02. The van der Waals surface area contributed by atoms with E-state index in [4.69, 9.17) is 9.47 Å². The predicted octanol–water partition coefficient (Wildman–Crippen LogP) is 2.71. The lowest BCUT2D eigenvalue weighted by Gasteiger charge is -2.12. The fourth-order valence-corrected chi connectivity index (χ4v) is 2.58. The maximum Gasteiger partial charge on any atom is 0.269 e. The highest BCUT2D eigenvalue weighted by Crippen LogP contribution is 2.13. The van der Waals surface area contributed by atoms with Crippen LogP contribution in [0.25, 0.3) is 0 Å². The first-order chi connectivity index (χ1) is 12.7. The van der Waals surface area contributed by atoms with E-state index in [1.54, 1.807) is 12.1 Å². The second-order valence-corrected chi connectivity index (χ2v) is 6.20. The largest absolute Gasteiger partial charge is 0.381 e. The topological polar surface area (TPSA) is 98.0 Å². The Kier molecular flexibility index (Phi) is 11.9. The lowest BCUT2D eigenvalue weighted by atomic mass is 10.1. The van der Waals surface area contributed by atoms with Crippen LogP contribution in [-0.4, -0.2) is 50.4 Å². The minimum atomic E-state index is -0.402. The standard InChI is InChI=1S/C18H28N4O4.HI/c1-2-19-18(20-9-3-10-25-13-16-8-11-26-14-16)21-12-15-4-6-17(7-5-15)22(23)24;/h4-7,16H,2-3,8-14H2,1H3,(H2,19,20,21);1H. The van der Waals surface area contributed by atoms with E-state index in [0.29, 0.717) is 19.1 Å². The molecular formula is C18H29IN4O4. The van der Waals surface area contributed by atoms with E-state index >= 15 is 0 Å². The summed E-state index contributed by atoms with van der Waals surface area (Å²) in [5, 5.41) is 17.1. The Morgan fingerprint density at radius 3 is 2.78 bits per heavy atom. The molecule has 1 fully saturated rings. The molecule has 1 saturated heterocycles. The molecule has 0 spiro atoms. The number of hydrogen-bond donors (Lipinski definition) is 2. The molecule has 1 aromatic carbocycles. The van der Waals surface area contributed by atoms with Crippen molar-refractivity contribution in [2.45, 2.75) is 26.3 Å². The fraction of sp³-hybridized carbons (Fsp3) is 0.611. The van der Waals surface area contributed by atoms with Crippen LogP contribution in [0.2, 0.25) is 0 Å². The highest BCUT2D eigenvalue weighted by atomic mass is 127. The summed E-state index contributed by atoms with van der Waals surface area (Å²) in [6, 6.07) is 6.45. The van der Waals surface area contributed by atoms with E-state index < -0.39 is 4.92 Å². The number of nitro benzene ring substituents is 1. The lowest BCUT2D eigenvalue weighted by Crippen LogP contribution is -2.38. The Morgan fingerprint density at radius 1 is 1.37 bits per heavy atom. The number of nitrogens with one attached hydrogen (secondary N) is 2. The van der Waals surface area contributed by atoms with Crippen LogP contribution >= 0.6 is 24.0 Å². The van der Waals surface area contributed by atoms with Gasteiger partial charge in [-0.05, 0) is 25.3 Å². The highest BCUT2D eigenvalue weighted by Gasteiger charge is 2.15. The molecule has 27 heavy (non-hydrogen) atoms. The first-order valence-electron chi connectivity index (χ1n) is 9.10. The number of rotatable bonds is 10. The quantitative estimate of drug-likeness (QED) is 0.130. The van der Waals surface area contributed by atoms with Gasteiger partial charge < -0.3 is 20.1 Å². The van der Waals surface area contributed by atoms with E-state index in [-0.39, 0.29) is 29.7 Å². The molecule has 1 heterocycles. The van der Waals surface area contributed by atoms with Gasteiger partial charge in [-0.2, -0.15) is 0 Å². The van der Waals surface area contributed by atoms with Crippen molar-refractivity contribution in [2.75, 3.05) is 39.5 Å². The van der Waals surface area contributed by atoms with Gasteiger partial charge in [0.2, 0.25) is 0 Å². The number of ether oxygens (including phenoxy) is 2. The third kappa shape index (κ3) is 9.34. The number of benzene rings is 1. The monoisotopic (exact) mass is 492 g/mol. The third-order valence-electron chi connectivity index (χ3n) is 4.05. The average Bonchev–Trinajstić information content (AvgIpc) is 3.16. The Labute approximate surface area is 177 Å². The Bertz CT molecular complexity index is 577. The van der Waals surface area contributed by atoms with Crippen LogP contribution in [0.4, 0.5) is 5.69 Å². The zero-order valence-electron chi connectivity index (χ0n) is 15.7. The fourth-order valence-electron chi connectivity index (χ4n) is 2.58. The van der Waals surface area contributed by atoms with Gasteiger partial charge in [0.1, 0.15) is 0 Å². The molecule has 2 N–H and O–H groups in total. The molecule has 9 heteroatoms. The molecule has 1 unspecified atom stereocenters. The van der Waals surface area contributed by atoms with Crippen LogP contribution < -0.4 is 10.6 Å². The molecular weight excluding hydrogens is 463 g/mol. The third-order valence-corrected chi connectivity index (χ3v) is 4.05. The second kappa shape index (κ2) is 13.7. The van der Waals surface area contributed by atoms with Crippen molar-refractivity contribution in [1.82, 2.24) is 10.6 Å². The van der Waals surface area contributed by atoms with Crippen LogP contribution in [0, 0.1) is 16.0 Å². The number of nitro groups is 1. The van der Waals surface area contributed by atoms with Crippen molar-refractivity contribution >= 4 is 35.6 Å². The van der Waals surface area contributed by atoms with Crippen LogP contribution in [0.15, 0.2) is 29.3 Å². The van der Waals surface area contributed by atoms with Gasteiger partial charge in [0.15, 0.2) is 5.96 Å². The maximum atomic E-state index is 10.7. The first-order valence-corrected chi connectivity index (χ1v) is 9.10. The Morgan fingerprint density at radius 2 is 2.15 bits per heavy atom. The minimum absolute atomic E-state index is 0. The zero-order chi connectivity index (χ0) is 18.6. The lowest BCUT2D eigenvalue weighted by molar-refractivity contribution is -0.384. The Hall–Kier alpha value is -1.46. The van der Waals surface area contributed by atoms with Crippen LogP contribution in [-0.2, 0) is 16.0 Å². The van der Waals surface area contributed by atoms with Crippen molar-refractivity contribution < 1.29 is 14.4 Å². The molecule has 1 aliphatic heterocycles. The Balaban J connectivity index is 0.00000364. The molecule has 0 saturated carbocycles. The van der Waals surface area contributed by atoms with Gasteiger partial charge in [0, 0.05) is 44.4 Å². The van der Waals surface area contributed by atoms with Gasteiger partial charge in [-0.25, -0.2) is 4.99 Å². The van der Waals surface area contributed by atoms with Gasteiger partial charge in [-0.3, -0.25) is 10.1 Å².